The predicted octanol–water partition coefficient (Wildman–Crippen LogP) is 2.05. The first-order chi connectivity index (χ1) is 6.26. The summed E-state index contributed by atoms with van der Waals surface area (Å²) in [5.41, 5.74) is -0.309. The van der Waals surface area contributed by atoms with Crippen molar-refractivity contribution in [2.45, 2.75) is 57.5 Å². The Balaban J connectivity index is 2.18. The van der Waals surface area contributed by atoms with Crippen LogP contribution in [0.5, 0.6) is 0 Å². The fraction of sp³-hybridized carbons (Fsp3) is 0.909. The van der Waals surface area contributed by atoms with Crippen molar-refractivity contribution in [3.8, 4) is 0 Å². The molecule has 0 aliphatic heterocycles. The van der Waals surface area contributed by atoms with Crippen LogP contribution in [-0.4, -0.2) is 17.0 Å². The molecule has 2 atom stereocenters. The average Bonchev–Trinajstić information content (AvgIpc) is 2.15. The van der Waals surface area contributed by atoms with Gasteiger partial charge in [-0.25, -0.2) is 0 Å². The van der Waals surface area contributed by atoms with Gasteiger partial charge in [0.1, 0.15) is 5.78 Å². The van der Waals surface area contributed by atoms with Crippen LogP contribution in [0.3, 0.4) is 0 Å². The van der Waals surface area contributed by atoms with Crippen LogP contribution in [0.25, 0.3) is 0 Å². The lowest BCUT2D eigenvalue weighted by Crippen LogP contribution is -2.46. The molecule has 0 amide bonds. The lowest BCUT2D eigenvalue weighted by Gasteiger charge is -2.42. The van der Waals surface area contributed by atoms with Crippen LogP contribution in [0.1, 0.15) is 51.4 Å². The van der Waals surface area contributed by atoms with Crippen LogP contribution in [0.4, 0.5) is 0 Å². The van der Waals surface area contributed by atoms with E-state index in [1.807, 2.05) is 0 Å². The first kappa shape index (κ1) is 9.20. The average molecular weight is 182 g/mol. The summed E-state index contributed by atoms with van der Waals surface area (Å²) in [6.07, 6.45) is 7.46. The SMILES string of the molecule is O=C1CCCC[C@]12CCCC[C@@H]2O. The second-order valence-electron chi connectivity index (χ2n) is 4.55. The molecule has 1 spiro atoms. The molecule has 2 saturated carbocycles. The molecular formula is C11H18O2. The first-order valence-electron chi connectivity index (χ1n) is 5.47. The topological polar surface area (TPSA) is 37.3 Å². The summed E-state index contributed by atoms with van der Waals surface area (Å²) < 4.78 is 0. The van der Waals surface area contributed by atoms with E-state index in [0.29, 0.717) is 12.2 Å². The zero-order valence-corrected chi connectivity index (χ0v) is 8.09. The monoisotopic (exact) mass is 182 g/mol. The van der Waals surface area contributed by atoms with E-state index in [0.717, 1.165) is 44.9 Å². The molecule has 0 unspecified atom stereocenters. The van der Waals surface area contributed by atoms with Gasteiger partial charge in [-0.3, -0.25) is 4.79 Å². The fourth-order valence-corrected chi connectivity index (χ4v) is 2.95. The van der Waals surface area contributed by atoms with Gasteiger partial charge in [-0.15, -0.1) is 0 Å². The number of Topliss-reactive ketones (excluding diaryl/α,β-unsaturated/α-hetero) is 1. The maximum Gasteiger partial charge on any atom is 0.141 e. The van der Waals surface area contributed by atoms with Crippen molar-refractivity contribution in [1.29, 1.82) is 0 Å². The molecule has 0 bridgehead atoms. The molecule has 0 heterocycles. The molecule has 0 aromatic carbocycles. The van der Waals surface area contributed by atoms with E-state index in [1.165, 1.54) is 0 Å². The highest BCUT2D eigenvalue weighted by molar-refractivity contribution is 5.86. The molecular weight excluding hydrogens is 164 g/mol. The van der Waals surface area contributed by atoms with E-state index < -0.39 is 0 Å². The molecule has 13 heavy (non-hydrogen) atoms. The van der Waals surface area contributed by atoms with Crippen LogP contribution in [0, 0.1) is 5.41 Å². The van der Waals surface area contributed by atoms with Crippen LogP contribution >= 0.6 is 0 Å². The highest BCUT2D eigenvalue weighted by Crippen LogP contribution is 2.45. The zero-order chi connectivity index (χ0) is 9.31. The second-order valence-corrected chi connectivity index (χ2v) is 4.55. The minimum Gasteiger partial charge on any atom is -0.392 e. The van der Waals surface area contributed by atoms with E-state index in [2.05, 4.69) is 0 Å². The molecule has 1 N–H and O–H groups in total. The van der Waals surface area contributed by atoms with Crippen molar-refractivity contribution < 1.29 is 9.90 Å². The Kier molecular flexibility index (Phi) is 2.41. The maximum atomic E-state index is 11.8. The highest BCUT2D eigenvalue weighted by atomic mass is 16.3. The lowest BCUT2D eigenvalue weighted by atomic mass is 9.63. The number of hydrogen-bond donors (Lipinski definition) is 1. The number of aliphatic hydroxyl groups is 1. The van der Waals surface area contributed by atoms with Gasteiger partial charge in [-0.2, -0.15) is 0 Å². The molecule has 0 saturated heterocycles. The number of carbonyl (C=O) groups is 1. The van der Waals surface area contributed by atoms with Crippen molar-refractivity contribution in [3.63, 3.8) is 0 Å². The number of hydrogen-bond acceptors (Lipinski definition) is 2. The van der Waals surface area contributed by atoms with Gasteiger partial charge in [0.15, 0.2) is 0 Å². The lowest BCUT2D eigenvalue weighted by molar-refractivity contribution is -0.143. The normalized spacial score (nSPS) is 41.0. The maximum absolute atomic E-state index is 11.8. The van der Waals surface area contributed by atoms with Gasteiger partial charge >= 0.3 is 0 Å². The fourth-order valence-electron chi connectivity index (χ4n) is 2.95. The largest absolute Gasteiger partial charge is 0.392 e. The summed E-state index contributed by atoms with van der Waals surface area (Å²) in [5.74, 6) is 0.339. The predicted molar refractivity (Wildman–Crippen MR) is 50.4 cm³/mol. The van der Waals surface area contributed by atoms with Gasteiger partial charge in [0.2, 0.25) is 0 Å². The molecule has 2 aliphatic rings. The Hall–Kier alpha value is -0.370. The third kappa shape index (κ3) is 1.41. The van der Waals surface area contributed by atoms with Crippen molar-refractivity contribution in [3.05, 3.63) is 0 Å². The Bertz CT molecular complexity index is 206. The molecule has 0 radical (unpaired) electrons. The molecule has 2 aliphatic carbocycles. The zero-order valence-electron chi connectivity index (χ0n) is 8.09. The number of carbonyl (C=O) groups excluding carboxylic acids is 1. The van der Waals surface area contributed by atoms with Crippen LogP contribution in [0.2, 0.25) is 0 Å². The van der Waals surface area contributed by atoms with Gasteiger partial charge in [0.05, 0.1) is 11.5 Å². The van der Waals surface area contributed by atoms with Crippen LogP contribution in [-0.2, 0) is 4.79 Å². The van der Waals surface area contributed by atoms with E-state index in [4.69, 9.17) is 0 Å². The molecule has 0 aromatic rings. The summed E-state index contributed by atoms with van der Waals surface area (Å²) in [6, 6.07) is 0. The van der Waals surface area contributed by atoms with Crippen LogP contribution in [0.15, 0.2) is 0 Å². The molecule has 0 aromatic heterocycles. The van der Waals surface area contributed by atoms with Crippen molar-refractivity contribution in [1.82, 2.24) is 0 Å². The third-order valence-electron chi connectivity index (χ3n) is 3.82. The van der Waals surface area contributed by atoms with E-state index in [1.54, 1.807) is 0 Å². The van der Waals surface area contributed by atoms with Gasteiger partial charge < -0.3 is 5.11 Å². The standard InChI is InChI=1S/C11H18O2/c12-9-5-1-3-7-11(9)8-4-2-6-10(11)13/h9,12H,1-8H2/t9-,11-/m0/s1. The second kappa shape index (κ2) is 3.41. The van der Waals surface area contributed by atoms with Crippen molar-refractivity contribution in [2.75, 3.05) is 0 Å². The molecule has 2 heteroatoms. The smallest absolute Gasteiger partial charge is 0.141 e. The van der Waals surface area contributed by atoms with Crippen LogP contribution < -0.4 is 0 Å². The number of ketones is 1. The first-order valence-corrected chi connectivity index (χ1v) is 5.47. The van der Waals surface area contributed by atoms with Crippen molar-refractivity contribution in [2.24, 2.45) is 5.41 Å². The van der Waals surface area contributed by atoms with E-state index in [9.17, 15) is 9.90 Å². The minimum atomic E-state index is -0.339. The van der Waals surface area contributed by atoms with Gasteiger partial charge in [0, 0.05) is 6.42 Å². The van der Waals surface area contributed by atoms with E-state index in [-0.39, 0.29) is 11.5 Å². The van der Waals surface area contributed by atoms with Gasteiger partial charge in [-0.05, 0) is 25.7 Å². The van der Waals surface area contributed by atoms with Gasteiger partial charge in [0.25, 0.3) is 0 Å². The Labute approximate surface area is 79.3 Å². The quantitative estimate of drug-likeness (QED) is 0.622. The molecule has 2 nitrogen and oxygen atoms in total. The minimum absolute atomic E-state index is 0.309. The van der Waals surface area contributed by atoms with E-state index >= 15 is 0 Å². The Morgan fingerprint density at radius 1 is 1.15 bits per heavy atom. The molecule has 2 rings (SSSR count). The summed E-state index contributed by atoms with van der Waals surface area (Å²) in [5, 5.41) is 9.93. The highest BCUT2D eigenvalue weighted by Gasteiger charge is 2.46. The molecule has 2 fully saturated rings. The summed E-state index contributed by atoms with van der Waals surface area (Å²) in [6.45, 7) is 0. The van der Waals surface area contributed by atoms with Crippen molar-refractivity contribution >= 4 is 5.78 Å². The Morgan fingerprint density at radius 3 is 2.54 bits per heavy atom. The summed E-state index contributed by atoms with van der Waals surface area (Å²) in [7, 11) is 0. The van der Waals surface area contributed by atoms with Gasteiger partial charge in [-0.1, -0.05) is 19.3 Å². The summed E-state index contributed by atoms with van der Waals surface area (Å²) >= 11 is 0. The third-order valence-corrected chi connectivity index (χ3v) is 3.82. The summed E-state index contributed by atoms with van der Waals surface area (Å²) in [4.78, 5) is 11.8. The molecule has 74 valence electrons. The number of aliphatic hydroxyl groups excluding tert-OH is 1. The Morgan fingerprint density at radius 2 is 1.85 bits per heavy atom. The number of rotatable bonds is 0.